The van der Waals surface area contributed by atoms with E-state index in [1.54, 1.807) is 0 Å². The summed E-state index contributed by atoms with van der Waals surface area (Å²) >= 11 is 0. The maximum Gasteiger partial charge on any atom is 0.309 e. The summed E-state index contributed by atoms with van der Waals surface area (Å²) in [6, 6.07) is 0. The first-order valence-electron chi connectivity index (χ1n) is 7.42. The molecule has 104 valence electrons. The predicted octanol–water partition coefficient (Wildman–Crippen LogP) is 3.65. The Balaban J connectivity index is 1.81. The second-order valence-electron chi connectivity index (χ2n) is 5.29. The maximum atomic E-state index is 11.4. The number of hydrogen-bond donors (Lipinski definition) is 0. The van der Waals surface area contributed by atoms with Crippen molar-refractivity contribution >= 4 is 11.8 Å². The second-order valence-corrected chi connectivity index (χ2v) is 5.29. The number of ether oxygens (including phenoxy) is 1. The molecule has 18 heavy (non-hydrogen) atoms. The number of esters is 1. The van der Waals surface area contributed by atoms with Gasteiger partial charge in [0.25, 0.3) is 0 Å². The van der Waals surface area contributed by atoms with Crippen LogP contribution in [0.4, 0.5) is 0 Å². The van der Waals surface area contributed by atoms with Crippen LogP contribution in [0, 0.1) is 5.92 Å². The Morgan fingerprint density at radius 2 is 1.61 bits per heavy atom. The molecule has 3 heteroatoms. The molecule has 0 saturated heterocycles. The first kappa shape index (κ1) is 15.2. The van der Waals surface area contributed by atoms with Crippen LogP contribution in [0.1, 0.15) is 71.1 Å². The van der Waals surface area contributed by atoms with Crippen molar-refractivity contribution in [3.8, 4) is 0 Å². The topological polar surface area (TPSA) is 43.4 Å². The van der Waals surface area contributed by atoms with Crippen molar-refractivity contribution in [2.24, 2.45) is 5.92 Å². The Bertz CT molecular complexity index is 252. The van der Waals surface area contributed by atoms with Crippen LogP contribution < -0.4 is 0 Å². The molecule has 1 saturated carbocycles. The van der Waals surface area contributed by atoms with Crippen LogP contribution >= 0.6 is 0 Å². The molecule has 1 rings (SSSR count). The lowest BCUT2D eigenvalue weighted by molar-refractivity contribution is -0.155. The molecule has 1 fully saturated rings. The molecular formula is C15H26O3. The Morgan fingerprint density at radius 3 is 2.17 bits per heavy atom. The van der Waals surface area contributed by atoms with Crippen LogP contribution in [-0.4, -0.2) is 18.4 Å². The highest BCUT2D eigenvalue weighted by Gasteiger charge is 2.33. The zero-order valence-corrected chi connectivity index (χ0v) is 11.6. The van der Waals surface area contributed by atoms with Gasteiger partial charge < -0.3 is 4.74 Å². The van der Waals surface area contributed by atoms with Crippen LogP contribution in [0.25, 0.3) is 0 Å². The van der Waals surface area contributed by atoms with Crippen LogP contribution in [0.2, 0.25) is 0 Å². The standard InChI is InChI=1S/C15H26O3/c1-2-3-4-5-6-7-8-9-10-18-15(17)13-11-14(16)12-13/h13H,2-12H2,1H3. The van der Waals surface area contributed by atoms with E-state index in [-0.39, 0.29) is 17.7 Å². The van der Waals surface area contributed by atoms with Gasteiger partial charge in [0, 0.05) is 12.8 Å². The summed E-state index contributed by atoms with van der Waals surface area (Å²) in [5.74, 6) is -0.117. The highest BCUT2D eigenvalue weighted by Crippen LogP contribution is 2.24. The highest BCUT2D eigenvalue weighted by atomic mass is 16.5. The summed E-state index contributed by atoms with van der Waals surface area (Å²) in [6.07, 6.45) is 10.8. The monoisotopic (exact) mass is 254 g/mol. The Hall–Kier alpha value is -0.860. The van der Waals surface area contributed by atoms with Crippen LogP contribution in [0.5, 0.6) is 0 Å². The largest absolute Gasteiger partial charge is 0.465 e. The lowest BCUT2D eigenvalue weighted by atomic mass is 9.84. The maximum absolute atomic E-state index is 11.4. The molecule has 0 amide bonds. The first-order chi connectivity index (χ1) is 8.74. The molecule has 0 radical (unpaired) electrons. The van der Waals surface area contributed by atoms with Crippen molar-refractivity contribution in [2.45, 2.75) is 71.1 Å². The van der Waals surface area contributed by atoms with Gasteiger partial charge in [-0.15, -0.1) is 0 Å². The minimum Gasteiger partial charge on any atom is -0.465 e. The summed E-state index contributed by atoms with van der Waals surface area (Å²) in [7, 11) is 0. The predicted molar refractivity (Wildman–Crippen MR) is 71.3 cm³/mol. The van der Waals surface area contributed by atoms with E-state index in [0.717, 1.165) is 12.8 Å². The number of unbranched alkanes of at least 4 members (excludes halogenated alkanes) is 7. The molecule has 0 aromatic rings. The number of rotatable bonds is 10. The van der Waals surface area contributed by atoms with Crippen LogP contribution in [0.15, 0.2) is 0 Å². The van der Waals surface area contributed by atoms with Gasteiger partial charge in [0.05, 0.1) is 12.5 Å². The van der Waals surface area contributed by atoms with E-state index in [2.05, 4.69) is 6.92 Å². The molecular weight excluding hydrogens is 228 g/mol. The summed E-state index contributed by atoms with van der Waals surface area (Å²) in [4.78, 5) is 22.1. The van der Waals surface area contributed by atoms with E-state index in [1.807, 2.05) is 0 Å². The lowest BCUT2D eigenvalue weighted by Crippen LogP contribution is -2.32. The fourth-order valence-corrected chi connectivity index (χ4v) is 2.18. The van der Waals surface area contributed by atoms with Gasteiger partial charge in [0.15, 0.2) is 0 Å². The van der Waals surface area contributed by atoms with Crippen LogP contribution in [0.3, 0.4) is 0 Å². The summed E-state index contributed by atoms with van der Waals surface area (Å²) in [5.41, 5.74) is 0. The third kappa shape index (κ3) is 6.18. The molecule has 3 nitrogen and oxygen atoms in total. The van der Waals surface area contributed by atoms with E-state index in [0.29, 0.717) is 19.4 Å². The minimum atomic E-state index is -0.169. The van der Waals surface area contributed by atoms with Gasteiger partial charge >= 0.3 is 5.97 Å². The second kappa shape index (κ2) is 9.12. The molecule has 0 aromatic carbocycles. The quantitative estimate of drug-likeness (QED) is 0.441. The van der Waals surface area contributed by atoms with E-state index in [9.17, 15) is 9.59 Å². The number of Topliss-reactive ketones (excluding diaryl/α,β-unsaturated/α-hetero) is 1. The molecule has 1 aliphatic carbocycles. The Kier molecular flexibility index (Phi) is 7.70. The zero-order valence-electron chi connectivity index (χ0n) is 11.6. The van der Waals surface area contributed by atoms with Crippen molar-refractivity contribution < 1.29 is 14.3 Å². The SMILES string of the molecule is CCCCCCCCCCOC(=O)C1CC(=O)C1. The molecule has 0 aliphatic heterocycles. The summed E-state index contributed by atoms with van der Waals surface area (Å²) in [6.45, 7) is 2.75. The van der Waals surface area contributed by atoms with Gasteiger partial charge in [-0.05, 0) is 6.42 Å². The molecule has 0 N–H and O–H groups in total. The number of hydrogen-bond acceptors (Lipinski definition) is 3. The number of ketones is 1. The molecule has 0 bridgehead atoms. The lowest BCUT2D eigenvalue weighted by Gasteiger charge is -2.21. The van der Waals surface area contributed by atoms with Gasteiger partial charge in [-0.2, -0.15) is 0 Å². The van der Waals surface area contributed by atoms with Crippen molar-refractivity contribution in [1.29, 1.82) is 0 Å². The molecule has 0 spiro atoms. The third-order valence-electron chi connectivity index (χ3n) is 3.52. The van der Waals surface area contributed by atoms with Crippen LogP contribution in [-0.2, 0) is 14.3 Å². The molecule has 0 aromatic heterocycles. The summed E-state index contributed by atoms with van der Waals surface area (Å²) in [5, 5.41) is 0. The fourth-order valence-electron chi connectivity index (χ4n) is 2.18. The highest BCUT2D eigenvalue weighted by molar-refractivity contribution is 5.94. The average Bonchev–Trinajstić information content (AvgIpc) is 2.32. The van der Waals surface area contributed by atoms with Gasteiger partial charge in [0.1, 0.15) is 5.78 Å². The Morgan fingerprint density at radius 1 is 1.06 bits per heavy atom. The zero-order chi connectivity index (χ0) is 13.2. The first-order valence-corrected chi connectivity index (χ1v) is 7.42. The fraction of sp³-hybridized carbons (Fsp3) is 0.867. The Labute approximate surface area is 110 Å². The smallest absolute Gasteiger partial charge is 0.309 e. The number of carbonyl (C=O) groups is 2. The van der Waals surface area contributed by atoms with Gasteiger partial charge in [0.2, 0.25) is 0 Å². The van der Waals surface area contributed by atoms with E-state index < -0.39 is 0 Å². The molecule has 0 heterocycles. The molecule has 1 aliphatic rings. The van der Waals surface area contributed by atoms with E-state index in [4.69, 9.17) is 4.74 Å². The summed E-state index contributed by atoms with van der Waals surface area (Å²) < 4.78 is 5.15. The average molecular weight is 254 g/mol. The van der Waals surface area contributed by atoms with Gasteiger partial charge in [-0.1, -0.05) is 51.9 Å². The van der Waals surface area contributed by atoms with Crippen molar-refractivity contribution in [2.75, 3.05) is 6.61 Å². The van der Waals surface area contributed by atoms with Crippen molar-refractivity contribution in [1.82, 2.24) is 0 Å². The van der Waals surface area contributed by atoms with Crippen molar-refractivity contribution in [3.05, 3.63) is 0 Å². The third-order valence-corrected chi connectivity index (χ3v) is 3.52. The number of carbonyl (C=O) groups excluding carboxylic acids is 2. The van der Waals surface area contributed by atoms with E-state index >= 15 is 0 Å². The van der Waals surface area contributed by atoms with Crippen molar-refractivity contribution in [3.63, 3.8) is 0 Å². The normalized spacial score (nSPS) is 15.5. The molecule has 0 unspecified atom stereocenters. The van der Waals surface area contributed by atoms with E-state index in [1.165, 1.54) is 38.5 Å². The van der Waals surface area contributed by atoms with Gasteiger partial charge in [-0.3, -0.25) is 9.59 Å². The minimum absolute atomic E-state index is 0.133. The molecule has 0 atom stereocenters. The van der Waals surface area contributed by atoms with Gasteiger partial charge in [-0.25, -0.2) is 0 Å².